The summed E-state index contributed by atoms with van der Waals surface area (Å²) in [4.78, 5) is 7.25. The van der Waals surface area contributed by atoms with Gasteiger partial charge in [-0.2, -0.15) is 4.31 Å². The smallest absolute Gasteiger partial charge is 0.243 e. The van der Waals surface area contributed by atoms with Gasteiger partial charge in [0.05, 0.1) is 4.90 Å². The number of sulfonamides is 1. The molecule has 0 bridgehead atoms. The largest absolute Gasteiger partial charge is 0.354 e. The first kappa shape index (κ1) is 26.3. The van der Waals surface area contributed by atoms with Crippen LogP contribution in [0.5, 0.6) is 0 Å². The van der Waals surface area contributed by atoms with E-state index in [-0.39, 0.29) is 24.0 Å². The number of benzene rings is 1. The molecular weight excluding hydrogens is 525 g/mol. The van der Waals surface area contributed by atoms with Gasteiger partial charge in [-0.3, -0.25) is 4.99 Å². The number of likely N-dealkylation sites (tertiary alicyclic amines) is 1. The van der Waals surface area contributed by atoms with E-state index in [2.05, 4.69) is 27.4 Å². The maximum Gasteiger partial charge on any atom is 0.243 e. The van der Waals surface area contributed by atoms with Gasteiger partial charge < -0.3 is 15.5 Å². The van der Waals surface area contributed by atoms with E-state index in [1.807, 2.05) is 12.1 Å². The zero-order chi connectivity index (χ0) is 21.4. The number of nitrogens with zero attached hydrogens (tertiary/aromatic N) is 3. The van der Waals surface area contributed by atoms with E-state index in [0.717, 1.165) is 56.7 Å². The van der Waals surface area contributed by atoms with Crippen molar-refractivity contribution in [1.29, 1.82) is 0 Å². The number of hydrogen-bond acceptors (Lipinski definition) is 4. The summed E-state index contributed by atoms with van der Waals surface area (Å²) in [5.41, 5.74) is 1.04. The Morgan fingerprint density at radius 2 is 1.71 bits per heavy atom. The fourth-order valence-electron chi connectivity index (χ4n) is 4.22. The maximum absolute atomic E-state index is 12.8. The molecule has 2 saturated heterocycles. The summed E-state index contributed by atoms with van der Waals surface area (Å²) in [6.45, 7) is 7.55. The van der Waals surface area contributed by atoms with Crippen LogP contribution in [-0.2, 0) is 16.6 Å². The van der Waals surface area contributed by atoms with E-state index in [4.69, 9.17) is 0 Å². The van der Waals surface area contributed by atoms with Gasteiger partial charge in [0.25, 0.3) is 0 Å². The number of aliphatic imine (C=N–C) groups is 1. The quantitative estimate of drug-likeness (QED) is 0.303. The average Bonchev–Trinajstić information content (AvgIpc) is 2.79. The fraction of sp³-hybridized carbons (Fsp3) is 0.682. The summed E-state index contributed by atoms with van der Waals surface area (Å²) in [7, 11) is -1.58. The molecule has 0 spiro atoms. The van der Waals surface area contributed by atoms with Crippen LogP contribution in [0.4, 0.5) is 0 Å². The van der Waals surface area contributed by atoms with Crippen LogP contribution in [0.15, 0.2) is 34.2 Å². The molecule has 2 heterocycles. The molecule has 2 aliphatic rings. The second-order valence-corrected chi connectivity index (χ2v) is 10.2. The van der Waals surface area contributed by atoms with Gasteiger partial charge in [0, 0.05) is 45.8 Å². The SMILES string of the molecule is CCCN1CCC(NC(=NC)NCc2ccc(S(=O)(=O)N3CCCCC3)cc2)CC1.I. The van der Waals surface area contributed by atoms with Crippen molar-refractivity contribution in [3.05, 3.63) is 29.8 Å². The highest BCUT2D eigenvalue weighted by molar-refractivity contribution is 14.0. The fourth-order valence-corrected chi connectivity index (χ4v) is 5.74. The first-order valence-corrected chi connectivity index (χ1v) is 12.8. The lowest BCUT2D eigenvalue weighted by Crippen LogP contribution is -2.48. The third kappa shape index (κ3) is 7.57. The highest BCUT2D eigenvalue weighted by Crippen LogP contribution is 2.20. The van der Waals surface area contributed by atoms with Gasteiger partial charge >= 0.3 is 0 Å². The Labute approximate surface area is 205 Å². The molecule has 0 unspecified atom stereocenters. The summed E-state index contributed by atoms with van der Waals surface area (Å²) < 4.78 is 27.2. The molecule has 0 aromatic heterocycles. The Morgan fingerprint density at radius 1 is 1.06 bits per heavy atom. The predicted molar refractivity (Wildman–Crippen MR) is 138 cm³/mol. The van der Waals surface area contributed by atoms with Gasteiger partial charge in [-0.25, -0.2) is 8.42 Å². The molecule has 1 aromatic carbocycles. The highest BCUT2D eigenvalue weighted by atomic mass is 127. The van der Waals surface area contributed by atoms with Gasteiger partial charge in [0.15, 0.2) is 5.96 Å². The van der Waals surface area contributed by atoms with Crippen LogP contribution >= 0.6 is 24.0 Å². The average molecular weight is 564 g/mol. The van der Waals surface area contributed by atoms with Crippen molar-refractivity contribution in [3.63, 3.8) is 0 Å². The van der Waals surface area contributed by atoms with Crippen LogP contribution in [-0.4, -0.2) is 69.4 Å². The molecule has 2 fully saturated rings. The third-order valence-electron chi connectivity index (χ3n) is 6.03. The molecular formula is C22H38IN5O2S. The summed E-state index contributed by atoms with van der Waals surface area (Å²) in [5, 5.41) is 6.88. The summed E-state index contributed by atoms with van der Waals surface area (Å²) >= 11 is 0. The number of rotatable bonds is 7. The maximum atomic E-state index is 12.8. The number of piperidine rings is 2. The van der Waals surface area contributed by atoms with Crippen LogP contribution in [0.1, 0.15) is 51.0 Å². The Kier molecular flexibility index (Phi) is 11.0. The normalized spacial score (nSPS) is 19.6. The Morgan fingerprint density at radius 3 is 2.29 bits per heavy atom. The Hall–Kier alpha value is -0.910. The monoisotopic (exact) mass is 563 g/mol. The minimum absolute atomic E-state index is 0. The zero-order valence-electron chi connectivity index (χ0n) is 18.8. The van der Waals surface area contributed by atoms with Gasteiger partial charge in [0.2, 0.25) is 10.0 Å². The molecule has 2 N–H and O–H groups in total. The number of halogens is 1. The molecule has 3 rings (SSSR count). The van der Waals surface area contributed by atoms with Crippen LogP contribution in [0.3, 0.4) is 0 Å². The van der Waals surface area contributed by atoms with Crippen molar-refractivity contribution in [2.24, 2.45) is 4.99 Å². The lowest BCUT2D eigenvalue weighted by atomic mass is 10.1. The van der Waals surface area contributed by atoms with Gasteiger partial charge in [-0.05, 0) is 56.3 Å². The summed E-state index contributed by atoms with van der Waals surface area (Å²) in [6, 6.07) is 7.67. The second-order valence-electron chi connectivity index (χ2n) is 8.29. The zero-order valence-corrected chi connectivity index (χ0v) is 22.0. The highest BCUT2D eigenvalue weighted by Gasteiger charge is 2.25. The van der Waals surface area contributed by atoms with Gasteiger partial charge in [0.1, 0.15) is 0 Å². The van der Waals surface area contributed by atoms with Crippen molar-refractivity contribution < 1.29 is 8.42 Å². The van der Waals surface area contributed by atoms with Crippen molar-refractivity contribution >= 4 is 40.0 Å². The van der Waals surface area contributed by atoms with E-state index in [1.54, 1.807) is 23.5 Å². The minimum Gasteiger partial charge on any atom is -0.354 e. The van der Waals surface area contributed by atoms with Crippen LogP contribution < -0.4 is 10.6 Å². The van der Waals surface area contributed by atoms with Gasteiger partial charge in [-0.15, -0.1) is 24.0 Å². The van der Waals surface area contributed by atoms with E-state index < -0.39 is 10.0 Å². The van der Waals surface area contributed by atoms with E-state index in [0.29, 0.717) is 30.6 Å². The van der Waals surface area contributed by atoms with Crippen molar-refractivity contribution in [1.82, 2.24) is 19.8 Å². The first-order valence-electron chi connectivity index (χ1n) is 11.3. The molecule has 0 radical (unpaired) electrons. The molecule has 0 atom stereocenters. The standard InChI is InChI=1S/C22H37N5O2S.HI/c1-3-13-26-16-11-20(12-17-26)25-22(23-2)24-18-19-7-9-21(10-8-19)30(28,29)27-14-5-4-6-15-27;/h7-10,20H,3-6,11-18H2,1-2H3,(H2,23,24,25);1H. The molecule has 31 heavy (non-hydrogen) atoms. The second kappa shape index (κ2) is 13.0. The molecule has 7 nitrogen and oxygen atoms in total. The molecule has 0 amide bonds. The van der Waals surface area contributed by atoms with Crippen molar-refractivity contribution in [2.75, 3.05) is 39.8 Å². The van der Waals surface area contributed by atoms with Crippen LogP contribution in [0.2, 0.25) is 0 Å². The molecule has 176 valence electrons. The number of hydrogen-bond donors (Lipinski definition) is 2. The number of nitrogens with one attached hydrogen (secondary N) is 2. The van der Waals surface area contributed by atoms with E-state index in [1.165, 1.54) is 13.0 Å². The minimum atomic E-state index is -3.37. The third-order valence-corrected chi connectivity index (χ3v) is 7.94. The Balaban J connectivity index is 0.00000341. The van der Waals surface area contributed by atoms with Gasteiger partial charge in [-0.1, -0.05) is 25.5 Å². The molecule has 0 saturated carbocycles. The lowest BCUT2D eigenvalue weighted by Gasteiger charge is -2.32. The Bertz CT molecular complexity index is 787. The number of guanidine groups is 1. The first-order chi connectivity index (χ1) is 14.5. The summed E-state index contributed by atoms with van der Waals surface area (Å²) in [6.07, 6.45) is 6.48. The van der Waals surface area contributed by atoms with Crippen LogP contribution in [0, 0.1) is 0 Å². The predicted octanol–water partition coefficient (Wildman–Crippen LogP) is 3.02. The van der Waals surface area contributed by atoms with E-state index >= 15 is 0 Å². The molecule has 0 aliphatic carbocycles. The summed E-state index contributed by atoms with van der Waals surface area (Å²) in [5.74, 6) is 0.800. The van der Waals surface area contributed by atoms with Crippen LogP contribution in [0.25, 0.3) is 0 Å². The van der Waals surface area contributed by atoms with E-state index in [9.17, 15) is 8.42 Å². The molecule has 2 aliphatic heterocycles. The topological polar surface area (TPSA) is 77.0 Å². The molecule has 9 heteroatoms. The lowest BCUT2D eigenvalue weighted by molar-refractivity contribution is 0.206. The van der Waals surface area contributed by atoms with Crippen molar-refractivity contribution in [3.8, 4) is 0 Å². The molecule has 1 aromatic rings. The van der Waals surface area contributed by atoms with Crippen molar-refractivity contribution in [2.45, 2.75) is 62.9 Å².